The summed E-state index contributed by atoms with van der Waals surface area (Å²) in [7, 11) is 1.64. The molecule has 0 N–H and O–H groups in total. The number of methoxy groups -OCH3 is 1. The largest absolute Gasteiger partial charge is 0.497 e. The van der Waals surface area contributed by atoms with E-state index in [2.05, 4.69) is 11.6 Å². The molecule has 0 radical (unpaired) electrons. The number of hydrogen-bond donors (Lipinski definition) is 0. The summed E-state index contributed by atoms with van der Waals surface area (Å²) in [5.41, 5.74) is 2.82. The van der Waals surface area contributed by atoms with Crippen LogP contribution in [0.4, 0.5) is 0 Å². The Bertz CT molecular complexity index is 936. The fraction of sp³-hybridized carbons (Fsp3) is 0.222. The van der Waals surface area contributed by atoms with Gasteiger partial charge < -0.3 is 4.74 Å². The standard InChI is InChI=1S/C18H18N2O2S/c1-11(2)9-20-12(3)19-17-16(18(20)21)15(10-23-17)13-5-7-14(22-4)8-6-13/h5-8,10H,1,9H2,2-4H3. The number of hydrogen-bond acceptors (Lipinski definition) is 4. The molecule has 0 amide bonds. The molecule has 0 atom stereocenters. The van der Waals surface area contributed by atoms with Gasteiger partial charge in [-0.3, -0.25) is 9.36 Å². The molecule has 23 heavy (non-hydrogen) atoms. The molecule has 0 aliphatic rings. The maximum Gasteiger partial charge on any atom is 0.263 e. The summed E-state index contributed by atoms with van der Waals surface area (Å²) in [5, 5.41) is 2.66. The SMILES string of the molecule is C=C(C)Cn1c(C)nc2scc(-c3ccc(OC)cc3)c2c1=O. The number of rotatable bonds is 4. The third kappa shape index (κ3) is 2.80. The van der Waals surface area contributed by atoms with Gasteiger partial charge in [0.15, 0.2) is 0 Å². The van der Waals surface area contributed by atoms with Crippen LogP contribution in [-0.4, -0.2) is 16.7 Å². The Morgan fingerprint density at radius 2 is 2.04 bits per heavy atom. The number of ether oxygens (including phenoxy) is 1. The minimum absolute atomic E-state index is 0.0115. The maximum atomic E-state index is 12.9. The highest BCUT2D eigenvalue weighted by molar-refractivity contribution is 7.17. The van der Waals surface area contributed by atoms with E-state index >= 15 is 0 Å². The number of aromatic nitrogens is 2. The first-order valence-corrected chi connectivity index (χ1v) is 8.16. The number of aryl methyl sites for hydroxylation is 1. The van der Waals surface area contributed by atoms with Gasteiger partial charge in [0.2, 0.25) is 0 Å². The number of fused-ring (bicyclic) bond motifs is 1. The summed E-state index contributed by atoms with van der Waals surface area (Å²) in [5.74, 6) is 1.51. The molecule has 0 saturated carbocycles. The average Bonchev–Trinajstić information content (AvgIpc) is 2.95. The van der Waals surface area contributed by atoms with Crippen LogP contribution >= 0.6 is 11.3 Å². The summed E-state index contributed by atoms with van der Waals surface area (Å²) in [4.78, 5) is 18.3. The van der Waals surface area contributed by atoms with Gasteiger partial charge in [-0.1, -0.05) is 24.3 Å². The molecule has 3 rings (SSSR count). The minimum atomic E-state index is -0.0115. The summed E-state index contributed by atoms with van der Waals surface area (Å²) >= 11 is 1.50. The van der Waals surface area contributed by atoms with Gasteiger partial charge in [-0.2, -0.15) is 0 Å². The molecular weight excluding hydrogens is 308 g/mol. The van der Waals surface area contributed by atoms with Crippen molar-refractivity contribution < 1.29 is 4.74 Å². The van der Waals surface area contributed by atoms with E-state index in [9.17, 15) is 4.79 Å². The van der Waals surface area contributed by atoms with Crippen molar-refractivity contribution in [3.8, 4) is 16.9 Å². The topological polar surface area (TPSA) is 44.1 Å². The van der Waals surface area contributed by atoms with Crippen LogP contribution in [0.3, 0.4) is 0 Å². The molecule has 0 bridgehead atoms. The van der Waals surface area contributed by atoms with Crippen LogP contribution in [-0.2, 0) is 6.54 Å². The zero-order chi connectivity index (χ0) is 16.6. The molecule has 0 unspecified atom stereocenters. The number of thiophene rings is 1. The summed E-state index contributed by atoms with van der Waals surface area (Å²) in [6, 6.07) is 7.71. The molecule has 1 aromatic carbocycles. The minimum Gasteiger partial charge on any atom is -0.497 e. The van der Waals surface area contributed by atoms with E-state index < -0.39 is 0 Å². The normalized spacial score (nSPS) is 10.9. The van der Waals surface area contributed by atoms with Crippen molar-refractivity contribution in [1.29, 1.82) is 0 Å². The number of benzene rings is 1. The first-order valence-electron chi connectivity index (χ1n) is 7.28. The fourth-order valence-corrected chi connectivity index (χ4v) is 3.55. The van der Waals surface area contributed by atoms with Gasteiger partial charge in [-0.25, -0.2) is 4.98 Å². The predicted octanol–water partition coefficient (Wildman–Crippen LogP) is 4.02. The van der Waals surface area contributed by atoms with E-state index in [-0.39, 0.29) is 5.56 Å². The first kappa shape index (κ1) is 15.5. The molecule has 2 heterocycles. The van der Waals surface area contributed by atoms with Crippen molar-refractivity contribution in [1.82, 2.24) is 9.55 Å². The van der Waals surface area contributed by atoms with Crippen molar-refractivity contribution in [3.05, 3.63) is 58.0 Å². The van der Waals surface area contributed by atoms with Crippen LogP contribution < -0.4 is 10.3 Å². The summed E-state index contributed by atoms with van der Waals surface area (Å²) < 4.78 is 6.88. The van der Waals surface area contributed by atoms with Crippen molar-refractivity contribution >= 4 is 21.6 Å². The smallest absolute Gasteiger partial charge is 0.263 e. The van der Waals surface area contributed by atoms with Gasteiger partial charge in [0.05, 0.1) is 12.5 Å². The van der Waals surface area contributed by atoms with E-state index in [1.165, 1.54) is 11.3 Å². The zero-order valence-corrected chi connectivity index (χ0v) is 14.2. The van der Waals surface area contributed by atoms with Crippen molar-refractivity contribution in [3.63, 3.8) is 0 Å². The third-order valence-electron chi connectivity index (χ3n) is 3.71. The lowest BCUT2D eigenvalue weighted by molar-refractivity contribution is 0.415. The predicted molar refractivity (Wildman–Crippen MR) is 95.4 cm³/mol. The maximum absolute atomic E-state index is 12.9. The Labute approximate surface area is 138 Å². The molecule has 0 aliphatic carbocycles. The van der Waals surface area contributed by atoms with Gasteiger partial charge >= 0.3 is 0 Å². The molecule has 3 aromatic rings. The van der Waals surface area contributed by atoms with Gasteiger partial charge in [0.1, 0.15) is 16.4 Å². The van der Waals surface area contributed by atoms with Crippen molar-refractivity contribution in [2.75, 3.05) is 7.11 Å². The Kier molecular flexibility index (Phi) is 4.05. The Morgan fingerprint density at radius 1 is 1.35 bits per heavy atom. The highest BCUT2D eigenvalue weighted by atomic mass is 32.1. The van der Waals surface area contributed by atoms with Crippen LogP contribution in [0.2, 0.25) is 0 Å². The molecule has 4 nitrogen and oxygen atoms in total. The molecule has 0 spiro atoms. The monoisotopic (exact) mass is 326 g/mol. The molecule has 0 aliphatic heterocycles. The van der Waals surface area contributed by atoms with E-state index in [1.54, 1.807) is 11.7 Å². The van der Waals surface area contributed by atoms with Gasteiger partial charge in [0.25, 0.3) is 5.56 Å². The van der Waals surface area contributed by atoms with E-state index in [4.69, 9.17) is 4.74 Å². The second kappa shape index (κ2) is 6.01. The molecule has 0 fully saturated rings. The lowest BCUT2D eigenvalue weighted by atomic mass is 10.1. The first-order chi connectivity index (χ1) is 11.0. The molecule has 2 aromatic heterocycles. The van der Waals surface area contributed by atoms with E-state index in [0.717, 1.165) is 27.3 Å². The van der Waals surface area contributed by atoms with E-state index in [1.807, 2.05) is 43.5 Å². The average molecular weight is 326 g/mol. The second-order valence-electron chi connectivity index (χ2n) is 5.57. The Balaban J connectivity index is 2.22. The van der Waals surface area contributed by atoms with Gasteiger partial charge in [0, 0.05) is 17.5 Å². The van der Waals surface area contributed by atoms with Crippen LogP contribution in [0, 0.1) is 6.92 Å². The van der Waals surface area contributed by atoms with Crippen molar-refractivity contribution in [2.45, 2.75) is 20.4 Å². The number of nitrogens with zero attached hydrogens (tertiary/aromatic N) is 2. The fourth-order valence-electron chi connectivity index (χ4n) is 2.57. The molecule has 0 saturated heterocycles. The van der Waals surface area contributed by atoms with Crippen LogP contribution in [0.15, 0.2) is 46.6 Å². The number of allylic oxidation sites excluding steroid dienone is 1. The Morgan fingerprint density at radius 3 is 2.65 bits per heavy atom. The zero-order valence-electron chi connectivity index (χ0n) is 13.4. The second-order valence-corrected chi connectivity index (χ2v) is 6.42. The molecule has 118 valence electrons. The third-order valence-corrected chi connectivity index (χ3v) is 4.59. The quantitative estimate of drug-likeness (QED) is 0.680. The molecule has 5 heteroatoms. The van der Waals surface area contributed by atoms with E-state index in [0.29, 0.717) is 17.8 Å². The van der Waals surface area contributed by atoms with Crippen molar-refractivity contribution in [2.24, 2.45) is 0 Å². The van der Waals surface area contributed by atoms with Gasteiger partial charge in [-0.05, 0) is 31.5 Å². The van der Waals surface area contributed by atoms with Crippen LogP contribution in [0.1, 0.15) is 12.7 Å². The van der Waals surface area contributed by atoms with Crippen LogP contribution in [0.25, 0.3) is 21.3 Å². The van der Waals surface area contributed by atoms with Crippen LogP contribution in [0.5, 0.6) is 5.75 Å². The summed E-state index contributed by atoms with van der Waals surface area (Å²) in [6.07, 6.45) is 0. The Hall–Kier alpha value is -2.40. The lowest BCUT2D eigenvalue weighted by Crippen LogP contribution is -2.24. The molecular formula is C18H18N2O2S. The summed E-state index contributed by atoms with van der Waals surface area (Å²) in [6.45, 7) is 8.16. The highest BCUT2D eigenvalue weighted by Crippen LogP contribution is 2.32. The lowest BCUT2D eigenvalue weighted by Gasteiger charge is -2.10. The van der Waals surface area contributed by atoms with Gasteiger partial charge in [-0.15, -0.1) is 11.3 Å². The highest BCUT2D eigenvalue weighted by Gasteiger charge is 2.15.